The van der Waals surface area contributed by atoms with Gasteiger partial charge in [0.15, 0.2) is 5.13 Å². The first kappa shape index (κ1) is 20.1. The highest BCUT2D eigenvalue weighted by atomic mass is 35.5. The number of fused-ring (bicyclic) bond motifs is 1. The van der Waals surface area contributed by atoms with E-state index in [2.05, 4.69) is 21.4 Å². The first-order chi connectivity index (χ1) is 13.8. The first-order valence-electron chi connectivity index (χ1n) is 9.93. The number of anilines is 1. The lowest BCUT2D eigenvalue weighted by molar-refractivity contribution is 0.0739. The first-order valence-corrected chi connectivity index (χ1v) is 10.8. The van der Waals surface area contributed by atoms with Gasteiger partial charge in [-0.3, -0.25) is 9.48 Å². The van der Waals surface area contributed by atoms with Gasteiger partial charge in [-0.1, -0.05) is 23.5 Å². The molecule has 0 aliphatic carbocycles. The molecule has 5 rings (SSSR count). The van der Waals surface area contributed by atoms with E-state index in [1.807, 2.05) is 40.0 Å². The van der Waals surface area contributed by atoms with Crippen LogP contribution in [0.15, 0.2) is 36.5 Å². The summed E-state index contributed by atoms with van der Waals surface area (Å²) in [6.07, 6.45) is 4.22. The van der Waals surface area contributed by atoms with Crippen LogP contribution in [0, 0.1) is 0 Å². The third-order valence-electron chi connectivity index (χ3n) is 5.59. The van der Waals surface area contributed by atoms with Gasteiger partial charge in [-0.15, -0.1) is 12.4 Å². The van der Waals surface area contributed by atoms with Crippen LogP contribution in [0.25, 0.3) is 10.2 Å². The Kier molecular flexibility index (Phi) is 6.03. The number of piperazine rings is 1. The zero-order chi connectivity index (χ0) is 18.9. The fourth-order valence-corrected chi connectivity index (χ4v) is 4.99. The van der Waals surface area contributed by atoms with Crippen molar-refractivity contribution in [2.24, 2.45) is 0 Å². The minimum atomic E-state index is 0. The number of amides is 1. The summed E-state index contributed by atoms with van der Waals surface area (Å²) in [5.41, 5.74) is 1.60. The Morgan fingerprint density at radius 2 is 1.97 bits per heavy atom. The largest absolute Gasteiger partial charge is 0.345 e. The molecule has 0 bridgehead atoms. The van der Waals surface area contributed by atoms with Gasteiger partial charge in [0.05, 0.1) is 16.3 Å². The van der Waals surface area contributed by atoms with Crippen LogP contribution in [0.4, 0.5) is 5.13 Å². The second-order valence-corrected chi connectivity index (χ2v) is 8.43. The predicted molar refractivity (Wildman–Crippen MR) is 118 cm³/mol. The van der Waals surface area contributed by atoms with Gasteiger partial charge in [0, 0.05) is 38.9 Å². The zero-order valence-corrected chi connectivity index (χ0v) is 17.8. The summed E-state index contributed by atoms with van der Waals surface area (Å²) in [4.78, 5) is 21.8. The molecule has 154 valence electrons. The van der Waals surface area contributed by atoms with E-state index >= 15 is 0 Å². The average molecular weight is 433 g/mol. The number of rotatable bonds is 3. The lowest BCUT2D eigenvalue weighted by Crippen LogP contribution is -2.49. The molecule has 3 aromatic rings. The summed E-state index contributed by atoms with van der Waals surface area (Å²) in [6, 6.07) is 10.4. The van der Waals surface area contributed by atoms with Crippen molar-refractivity contribution in [3.05, 3.63) is 42.2 Å². The molecule has 4 heterocycles. The van der Waals surface area contributed by atoms with Gasteiger partial charge in [0.1, 0.15) is 5.69 Å². The Morgan fingerprint density at radius 3 is 2.72 bits per heavy atom. The van der Waals surface area contributed by atoms with Crippen LogP contribution in [0.1, 0.15) is 29.4 Å². The van der Waals surface area contributed by atoms with E-state index in [0.717, 1.165) is 49.7 Å². The molecule has 9 heteroatoms. The number of carbonyl (C=O) groups is 1. The molecule has 0 radical (unpaired) electrons. The molecule has 2 aliphatic rings. The summed E-state index contributed by atoms with van der Waals surface area (Å²) in [7, 11) is 0. The van der Waals surface area contributed by atoms with Crippen molar-refractivity contribution in [1.82, 2.24) is 25.0 Å². The molecular weight excluding hydrogens is 408 g/mol. The van der Waals surface area contributed by atoms with Crippen molar-refractivity contribution in [2.75, 3.05) is 44.2 Å². The zero-order valence-electron chi connectivity index (χ0n) is 16.2. The van der Waals surface area contributed by atoms with E-state index in [1.54, 1.807) is 11.3 Å². The summed E-state index contributed by atoms with van der Waals surface area (Å²) >= 11 is 1.72. The molecule has 1 amide bonds. The lowest BCUT2D eigenvalue weighted by atomic mass is 10.1. The number of halogens is 1. The van der Waals surface area contributed by atoms with E-state index in [9.17, 15) is 4.79 Å². The van der Waals surface area contributed by atoms with Crippen LogP contribution < -0.4 is 10.2 Å². The van der Waals surface area contributed by atoms with Crippen molar-refractivity contribution < 1.29 is 4.79 Å². The van der Waals surface area contributed by atoms with Crippen molar-refractivity contribution in [1.29, 1.82) is 0 Å². The van der Waals surface area contributed by atoms with Crippen molar-refractivity contribution in [2.45, 2.75) is 18.9 Å². The monoisotopic (exact) mass is 432 g/mol. The van der Waals surface area contributed by atoms with Crippen LogP contribution in [-0.2, 0) is 0 Å². The maximum atomic E-state index is 12.9. The van der Waals surface area contributed by atoms with Crippen molar-refractivity contribution in [3.63, 3.8) is 0 Å². The van der Waals surface area contributed by atoms with Crippen LogP contribution in [-0.4, -0.2) is 64.8 Å². The van der Waals surface area contributed by atoms with Crippen LogP contribution in [0.5, 0.6) is 0 Å². The standard InChI is InChI=1S/C20H24N6OS.ClH/c27-19(17-7-9-26(23-17)15-4-3-8-21-14-15)24-10-12-25(13-11-24)20-22-16-5-1-2-6-18(16)28-20;/h1-2,5-7,9,15,21H,3-4,8,10-14H2;1H. The minimum absolute atomic E-state index is 0. The molecule has 1 N–H and O–H groups in total. The molecule has 0 saturated carbocycles. The SMILES string of the molecule is Cl.O=C(c1ccn(C2CCCNC2)n1)N1CCN(c2nc3ccccc3s2)CC1. The maximum Gasteiger partial charge on any atom is 0.274 e. The number of carbonyl (C=O) groups excluding carboxylic acids is 1. The number of para-hydroxylation sites is 1. The number of nitrogens with zero attached hydrogens (tertiary/aromatic N) is 5. The quantitative estimate of drug-likeness (QED) is 0.689. The average Bonchev–Trinajstić information content (AvgIpc) is 3.41. The highest BCUT2D eigenvalue weighted by Crippen LogP contribution is 2.29. The molecule has 1 unspecified atom stereocenters. The van der Waals surface area contributed by atoms with Gasteiger partial charge in [-0.2, -0.15) is 5.10 Å². The van der Waals surface area contributed by atoms with E-state index in [4.69, 9.17) is 4.98 Å². The van der Waals surface area contributed by atoms with E-state index in [0.29, 0.717) is 24.8 Å². The smallest absolute Gasteiger partial charge is 0.274 e. The van der Waals surface area contributed by atoms with E-state index in [-0.39, 0.29) is 18.3 Å². The predicted octanol–water partition coefficient (Wildman–Crippen LogP) is 2.80. The Hall–Kier alpha value is -2.16. The maximum absolute atomic E-state index is 12.9. The van der Waals surface area contributed by atoms with Gasteiger partial charge in [-0.05, 0) is 37.6 Å². The summed E-state index contributed by atoms with van der Waals surface area (Å²) in [6.45, 7) is 5.01. The van der Waals surface area contributed by atoms with Crippen molar-refractivity contribution in [3.8, 4) is 0 Å². The molecule has 1 aromatic carbocycles. The van der Waals surface area contributed by atoms with E-state index < -0.39 is 0 Å². The van der Waals surface area contributed by atoms with Crippen LogP contribution >= 0.6 is 23.7 Å². The number of hydrogen-bond acceptors (Lipinski definition) is 6. The minimum Gasteiger partial charge on any atom is -0.345 e. The molecule has 2 aromatic heterocycles. The number of nitrogens with one attached hydrogen (secondary N) is 1. The van der Waals surface area contributed by atoms with Gasteiger partial charge in [0.25, 0.3) is 5.91 Å². The number of thiazole rings is 1. The molecule has 2 aliphatic heterocycles. The van der Waals surface area contributed by atoms with Gasteiger partial charge in [0.2, 0.25) is 0 Å². The molecule has 7 nitrogen and oxygen atoms in total. The number of hydrogen-bond donors (Lipinski definition) is 1. The van der Waals surface area contributed by atoms with Gasteiger partial charge in [-0.25, -0.2) is 4.98 Å². The van der Waals surface area contributed by atoms with E-state index in [1.165, 1.54) is 4.70 Å². The topological polar surface area (TPSA) is 66.3 Å². The third kappa shape index (κ3) is 4.10. The Balaban J connectivity index is 0.00000205. The number of benzene rings is 1. The molecular formula is C20H25ClN6OS. The molecule has 0 spiro atoms. The normalized spacial score (nSPS) is 19.9. The van der Waals surface area contributed by atoms with Crippen LogP contribution in [0.2, 0.25) is 0 Å². The fourth-order valence-electron chi connectivity index (χ4n) is 3.97. The molecule has 1 atom stereocenters. The second kappa shape index (κ2) is 8.69. The Labute approximate surface area is 180 Å². The number of piperidine rings is 1. The Morgan fingerprint density at radius 1 is 1.14 bits per heavy atom. The molecule has 29 heavy (non-hydrogen) atoms. The molecule has 2 fully saturated rings. The third-order valence-corrected chi connectivity index (χ3v) is 6.69. The summed E-state index contributed by atoms with van der Waals surface area (Å²) in [5.74, 6) is 0.0338. The summed E-state index contributed by atoms with van der Waals surface area (Å²) < 4.78 is 3.16. The van der Waals surface area contributed by atoms with Gasteiger partial charge >= 0.3 is 0 Å². The highest BCUT2D eigenvalue weighted by molar-refractivity contribution is 7.22. The second-order valence-electron chi connectivity index (χ2n) is 7.42. The van der Waals surface area contributed by atoms with Crippen LogP contribution in [0.3, 0.4) is 0 Å². The van der Waals surface area contributed by atoms with Crippen molar-refractivity contribution >= 4 is 45.0 Å². The molecule has 2 saturated heterocycles. The number of aromatic nitrogens is 3. The summed E-state index contributed by atoms with van der Waals surface area (Å²) in [5, 5.41) is 9.02. The highest BCUT2D eigenvalue weighted by Gasteiger charge is 2.26. The Bertz CT molecular complexity index is 941. The van der Waals surface area contributed by atoms with Gasteiger partial charge < -0.3 is 15.1 Å². The fraction of sp³-hybridized carbons (Fsp3) is 0.450. The lowest BCUT2D eigenvalue weighted by Gasteiger charge is -2.34.